The van der Waals surface area contributed by atoms with Crippen molar-refractivity contribution in [1.82, 2.24) is 4.98 Å². The number of halogens is 2. The molecule has 1 amide bonds. The summed E-state index contributed by atoms with van der Waals surface area (Å²) < 4.78 is 0. The van der Waals surface area contributed by atoms with Gasteiger partial charge in [-0.15, -0.1) is 11.3 Å². The fourth-order valence-corrected chi connectivity index (χ4v) is 3.89. The van der Waals surface area contributed by atoms with E-state index in [4.69, 9.17) is 23.2 Å². The SMILES string of the molecule is Cc1ccc(NCC(=O)Nc2ncc(Cc3c(Cl)cccc3Cl)s2)cc1C. The van der Waals surface area contributed by atoms with Crippen LogP contribution in [0.15, 0.2) is 42.6 Å². The van der Waals surface area contributed by atoms with E-state index in [0.29, 0.717) is 21.6 Å². The number of benzene rings is 2. The molecule has 7 heteroatoms. The number of carbonyl (C=O) groups excluding carboxylic acids is 1. The van der Waals surface area contributed by atoms with E-state index in [-0.39, 0.29) is 12.5 Å². The Morgan fingerprint density at radius 3 is 2.56 bits per heavy atom. The Kier molecular flexibility index (Phi) is 6.37. The molecule has 4 nitrogen and oxygen atoms in total. The van der Waals surface area contributed by atoms with Crippen molar-refractivity contribution in [2.24, 2.45) is 0 Å². The number of carbonyl (C=O) groups is 1. The van der Waals surface area contributed by atoms with Crippen LogP contribution in [0.5, 0.6) is 0 Å². The highest BCUT2D eigenvalue weighted by molar-refractivity contribution is 7.15. The molecule has 27 heavy (non-hydrogen) atoms. The smallest absolute Gasteiger partial charge is 0.245 e. The predicted molar refractivity (Wildman–Crippen MR) is 114 cm³/mol. The minimum Gasteiger partial charge on any atom is -0.376 e. The summed E-state index contributed by atoms with van der Waals surface area (Å²) in [6.07, 6.45) is 2.31. The first-order valence-electron chi connectivity index (χ1n) is 8.41. The molecular formula is C20H19Cl2N3OS. The molecule has 3 rings (SSSR count). The monoisotopic (exact) mass is 419 g/mol. The maximum Gasteiger partial charge on any atom is 0.245 e. The molecule has 0 saturated carbocycles. The van der Waals surface area contributed by atoms with Gasteiger partial charge in [0.05, 0.1) is 6.54 Å². The summed E-state index contributed by atoms with van der Waals surface area (Å²) in [6.45, 7) is 4.28. The third kappa shape index (κ3) is 5.22. The zero-order valence-corrected chi connectivity index (χ0v) is 17.3. The zero-order valence-electron chi connectivity index (χ0n) is 15.0. The number of rotatable bonds is 6. The van der Waals surface area contributed by atoms with Gasteiger partial charge in [0.1, 0.15) is 0 Å². The zero-order chi connectivity index (χ0) is 19.4. The van der Waals surface area contributed by atoms with Gasteiger partial charge < -0.3 is 10.6 Å². The molecule has 1 heterocycles. The van der Waals surface area contributed by atoms with Gasteiger partial charge in [0.15, 0.2) is 5.13 Å². The first-order valence-corrected chi connectivity index (χ1v) is 9.98. The topological polar surface area (TPSA) is 54.0 Å². The Balaban J connectivity index is 1.57. The highest BCUT2D eigenvalue weighted by atomic mass is 35.5. The van der Waals surface area contributed by atoms with Crippen LogP contribution in [-0.2, 0) is 11.2 Å². The van der Waals surface area contributed by atoms with Crippen molar-refractivity contribution in [2.75, 3.05) is 17.2 Å². The molecule has 2 N–H and O–H groups in total. The van der Waals surface area contributed by atoms with Gasteiger partial charge in [-0.2, -0.15) is 0 Å². The van der Waals surface area contributed by atoms with E-state index in [1.807, 2.05) is 43.3 Å². The van der Waals surface area contributed by atoms with Gasteiger partial charge in [-0.1, -0.05) is 35.3 Å². The van der Waals surface area contributed by atoms with Crippen LogP contribution < -0.4 is 10.6 Å². The van der Waals surface area contributed by atoms with Crippen LogP contribution in [0.3, 0.4) is 0 Å². The number of amides is 1. The summed E-state index contributed by atoms with van der Waals surface area (Å²) in [4.78, 5) is 17.4. The molecule has 3 aromatic rings. The molecule has 0 radical (unpaired) electrons. The number of aromatic nitrogens is 1. The lowest BCUT2D eigenvalue weighted by atomic mass is 10.1. The van der Waals surface area contributed by atoms with Gasteiger partial charge >= 0.3 is 0 Å². The summed E-state index contributed by atoms with van der Waals surface area (Å²) >= 11 is 13.8. The van der Waals surface area contributed by atoms with Crippen molar-refractivity contribution in [1.29, 1.82) is 0 Å². The summed E-state index contributed by atoms with van der Waals surface area (Å²) in [7, 11) is 0. The van der Waals surface area contributed by atoms with E-state index in [9.17, 15) is 4.79 Å². The maximum absolute atomic E-state index is 12.2. The maximum atomic E-state index is 12.2. The number of thiazole rings is 1. The van der Waals surface area contributed by atoms with E-state index >= 15 is 0 Å². The molecule has 0 unspecified atom stereocenters. The summed E-state index contributed by atoms with van der Waals surface area (Å²) in [5.74, 6) is -0.148. The highest BCUT2D eigenvalue weighted by Gasteiger charge is 2.11. The number of hydrogen-bond donors (Lipinski definition) is 2. The van der Waals surface area contributed by atoms with Crippen molar-refractivity contribution in [3.63, 3.8) is 0 Å². The molecule has 2 aromatic carbocycles. The Hall–Kier alpha value is -2.08. The number of aryl methyl sites for hydroxylation is 2. The lowest BCUT2D eigenvalue weighted by molar-refractivity contribution is -0.114. The van der Waals surface area contributed by atoms with E-state index < -0.39 is 0 Å². The van der Waals surface area contributed by atoms with E-state index in [1.54, 1.807) is 6.20 Å². The minimum absolute atomic E-state index is 0.148. The van der Waals surface area contributed by atoms with Crippen molar-refractivity contribution >= 4 is 51.3 Å². The average molecular weight is 420 g/mol. The number of nitrogens with one attached hydrogen (secondary N) is 2. The normalized spacial score (nSPS) is 10.7. The molecule has 140 valence electrons. The lowest BCUT2D eigenvalue weighted by Crippen LogP contribution is -2.21. The van der Waals surface area contributed by atoms with Crippen LogP contribution in [-0.4, -0.2) is 17.4 Å². The molecule has 1 aromatic heterocycles. The summed E-state index contributed by atoms with van der Waals surface area (Å²) in [6, 6.07) is 11.5. The molecule has 0 aliphatic carbocycles. The molecule has 0 bridgehead atoms. The molecule has 0 aliphatic heterocycles. The van der Waals surface area contributed by atoms with Gasteiger partial charge in [0.2, 0.25) is 5.91 Å². The highest BCUT2D eigenvalue weighted by Crippen LogP contribution is 2.29. The van der Waals surface area contributed by atoms with Crippen molar-refractivity contribution in [2.45, 2.75) is 20.3 Å². The van der Waals surface area contributed by atoms with Gasteiger partial charge in [-0.05, 0) is 54.8 Å². The molecular weight excluding hydrogens is 401 g/mol. The van der Waals surface area contributed by atoms with Crippen LogP contribution in [0.2, 0.25) is 10.0 Å². The van der Waals surface area contributed by atoms with Crippen molar-refractivity contribution in [3.8, 4) is 0 Å². The largest absolute Gasteiger partial charge is 0.376 e. The van der Waals surface area contributed by atoms with Crippen LogP contribution in [0, 0.1) is 13.8 Å². The first kappa shape index (κ1) is 19.7. The van der Waals surface area contributed by atoms with Gasteiger partial charge in [0, 0.05) is 33.2 Å². The first-order chi connectivity index (χ1) is 12.9. The number of nitrogens with zero attached hydrogens (tertiary/aromatic N) is 1. The average Bonchev–Trinajstić information content (AvgIpc) is 3.06. The van der Waals surface area contributed by atoms with Crippen LogP contribution in [0.4, 0.5) is 10.8 Å². The fraction of sp³-hybridized carbons (Fsp3) is 0.200. The van der Waals surface area contributed by atoms with Gasteiger partial charge in [-0.25, -0.2) is 4.98 Å². The summed E-state index contributed by atoms with van der Waals surface area (Å²) in [5, 5.41) is 7.74. The molecule has 0 fully saturated rings. The Labute approximate surface area is 172 Å². The molecule has 0 spiro atoms. The van der Waals surface area contributed by atoms with Crippen LogP contribution in [0.1, 0.15) is 21.6 Å². The Bertz CT molecular complexity index is 951. The van der Waals surface area contributed by atoms with Gasteiger partial charge in [-0.3, -0.25) is 4.79 Å². The lowest BCUT2D eigenvalue weighted by Gasteiger charge is -2.08. The second-order valence-electron chi connectivity index (χ2n) is 6.21. The van der Waals surface area contributed by atoms with Crippen LogP contribution >= 0.6 is 34.5 Å². The second-order valence-corrected chi connectivity index (χ2v) is 8.14. The number of hydrogen-bond acceptors (Lipinski definition) is 4. The Morgan fingerprint density at radius 1 is 1.11 bits per heavy atom. The second kappa shape index (κ2) is 8.74. The fourth-order valence-electron chi connectivity index (χ4n) is 2.52. The van der Waals surface area contributed by atoms with Gasteiger partial charge in [0.25, 0.3) is 0 Å². The van der Waals surface area contributed by atoms with Crippen molar-refractivity contribution < 1.29 is 4.79 Å². The van der Waals surface area contributed by atoms with E-state index in [2.05, 4.69) is 22.5 Å². The standard InChI is InChI=1S/C20H19Cl2N3OS/c1-12-6-7-14(8-13(12)2)23-11-19(26)25-20-24-10-15(27-20)9-16-17(21)4-3-5-18(16)22/h3-8,10,23H,9,11H2,1-2H3,(H,24,25,26). The minimum atomic E-state index is -0.148. The Morgan fingerprint density at radius 2 is 1.85 bits per heavy atom. The molecule has 0 atom stereocenters. The summed E-state index contributed by atoms with van der Waals surface area (Å²) in [5.41, 5.74) is 4.18. The van der Waals surface area contributed by atoms with Crippen molar-refractivity contribution in [3.05, 3.63) is 74.2 Å². The quantitative estimate of drug-likeness (QED) is 0.537. The van der Waals surface area contributed by atoms with E-state index in [1.165, 1.54) is 22.5 Å². The third-order valence-electron chi connectivity index (χ3n) is 4.17. The number of anilines is 2. The third-order valence-corrected chi connectivity index (χ3v) is 5.79. The van der Waals surface area contributed by atoms with Crippen LogP contribution in [0.25, 0.3) is 0 Å². The predicted octanol–water partition coefficient (Wildman–Crippen LogP) is 5.71. The molecule has 0 aliphatic rings. The van der Waals surface area contributed by atoms with E-state index in [0.717, 1.165) is 16.1 Å². The molecule has 0 saturated heterocycles.